The van der Waals surface area contributed by atoms with Gasteiger partial charge in [0.05, 0.1) is 19.8 Å². The van der Waals surface area contributed by atoms with Crippen molar-refractivity contribution in [1.82, 2.24) is 15.3 Å². The second kappa shape index (κ2) is 6.78. The van der Waals surface area contributed by atoms with Crippen molar-refractivity contribution in [3.05, 3.63) is 42.0 Å². The lowest BCUT2D eigenvalue weighted by Gasteiger charge is -2.14. The summed E-state index contributed by atoms with van der Waals surface area (Å²) >= 11 is 0. The number of nitrogens with one attached hydrogen (secondary N) is 2. The van der Waals surface area contributed by atoms with Crippen LogP contribution in [0, 0.1) is 0 Å². The van der Waals surface area contributed by atoms with Gasteiger partial charge in [-0.2, -0.15) is 0 Å². The van der Waals surface area contributed by atoms with Crippen molar-refractivity contribution in [3.63, 3.8) is 0 Å². The van der Waals surface area contributed by atoms with Crippen LogP contribution in [-0.4, -0.2) is 29.6 Å². The zero-order valence-electron chi connectivity index (χ0n) is 12.3. The largest absolute Gasteiger partial charge is 0.493 e. The molecule has 1 heterocycles. The number of ether oxygens (including phenoxy) is 2. The van der Waals surface area contributed by atoms with Gasteiger partial charge in [0.1, 0.15) is 5.82 Å². The van der Waals surface area contributed by atoms with E-state index in [0.29, 0.717) is 29.5 Å². The maximum Gasteiger partial charge on any atom is 0.251 e. The minimum Gasteiger partial charge on any atom is -0.493 e. The molecule has 2 aromatic rings. The molecule has 2 rings (SSSR count). The van der Waals surface area contributed by atoms with Crippen LogP contribution < -0.4 is 14.8 Å². The number of rotatable bonds is 6. The van der Waals surface area contributed by atoms with Crippen LogP contribution in [-0.2, 0) is 0 Å². The molecule has 21 heavy (non-hydrogen) atoms. The molecule has 0 radical (unpaired) electrons. The SMILES string of the molecule is CCOc1cc(C(=O)NC(C)c2ncc[nH]2)ccc1OC. The molecule has 1 atom stereocenters. The van der Waals surface area contributed by atoms with Crippen LogP contribution in [0.15, 0.2) is 30.6 Å². The molecule has 1 aromatic heterocycles. The summed E-state index contributed by atoms with van der Waals surface area (Å²) < 4.78 is 10.7. The molecule has 0 saturated carbocycles. The predicted octanol–water partition coefficient (Wildman–Crippen LogP) is 2.31. The number of imidazole rings is 1. The Kier molecular flexibility index (Phi) is 4.81. The molecule has 1 aromatic carbocycles. The lowest BCUT2D eigenvalue weighted by Crippen LogP contribution is -2.27. The highest BCUT2D eigenvalue weighted by Gasteiger charge is 2.15. The van der Waals surface area contributed by atoms with Crippen LogP contribution in [0.3, 0.4) is 0 Å². The summed E-state index contributed by atoms with van der Waals surface area (Å²) in [7, 11) is 1.57. The molecule has 1 amide bonds. The summed E-state index contributed by atoms with van der Waals surface area (Å²) in [6, 6.07) is 4.89. The molecule has 112 valence electrons. The molecule has 6 nitrogen and oxygen atoms in total. The Balaban J connectivity index is 2.13. The first-order chi connectivity index (χ1) is 10.2. The highest BCUT2D eigenvalue weighted by atomic mass is 16.5. The summed E-state index contributed by atoms with van der Waals surface area (Å²) in [6.07, 6.45) is 3.37. The van der Waals surface area contributed by atoms with Gasteiger partial charge in [-0.1, -0.05) is 0 Å². The topological polar surface area (TPSA) is 76.2 Å². The predicted molar refractivity (Wildman–Crippen MR) is 78.6 cm³/mol. The van der Waals surface area contributed by atoms with E-state index in [-0.39, 0.29) is 11.9 Å². The molecular formula is C15H19N3O3. The van der Waals surface area contributed by atoms with Crippen molar-refractivity contribution in [2.75, 3.05) is 13.7 Å². The molecule has 0 saturated heterocycles. The molecular weight excluding hydrogens is 270 g/mol. The van der Waals surface area contributed by atoms with Gasteiger partial charge in [0.15, 0.2) is 11.5 Å². The van der Waals surface area contributed by atoms with Gasteiger partial charge in [0.25, 0.3) is 5.91 Å². The van der Waals surface area contributed by atoms with Crippen LogP contribution >= 0.6 is 0 Å². The van der Waals surface area contributed by atoms with E-state index in [9.17, 15) is 4.79 Å². The Hall–Kier alpha value is -2.50. The first-order valence-electron chi connectivity index (χ1n) is 6.76. The third-order valence-corrected chi connectivity index (χ3v) is 3.00. The molecule has 1 unspecified atom stereocenters. The van der Waals surface area contributed by atoms with Crippen molar-refractivity contribution in [2.24, 2.45) is 0 Å². The fourth-order valence-electron chi connectivity index (χ4n) is 1.95. The Morgan fingerprint density at radius 1 is 1.43 bits per heavy atom. The maximum absolute atomic E-state index is 12.3. The van der Waals surface area contributed by atoms with Gasteiger partial charge < -0.3 is 19.8 Å². The standard InChI is InChI=1S/C15H19N3O3/c1-4-21-13-9-11(5-6-12(13)20-3)15(19)18-10(2)14-16-7-8-17-14/h5-10H,4H2,1-3H3,(H,16,17)(H,18,19). The van der Waals surface area contributed by atoms with E-state index in [0.717, 1.165) is 0 Å². The zero-order chi connectivity index (χ0) is 15.2. The van der Waals surface area contributed by atoms with E-state index >= 15 is 0 Å². The van der Waals surface area contributed by atoms with Crippen molar-refractivity contribution in [1.29, 1.82) is 0 Å². The smallest absolute Gasteiger partial charge is 0.251 e. The van der Waals surface area contributed by atoms with Gasteiger partial charge in [-0.15, -0.1) is 0 Å². The number of aromatic nitrogens is 2. The molecule has 6 heteroatoms. The third-order valence-electron chi connectivity index (χ3n) is 3.00. The number of aromatic amines is 1. The van der Waals surface area contributed by atoms with Gasteiger partial charge in [-0.25, -0.2) is 4.98 Å². The minimum absolute atomic E-state index is 0.192. The second-order valence-electron chi connectivity index (χ2n) is 4.47. The summed E-state index contributed by atoms with van der Waals surface area (Å²) in [4.78, 5) is 19.4. The molecule has 2 N–H and O–H groups in total. The lowest BCUT2D eigenvalue weighted by atomic mass is 10.1. The molecule has 0 aliphatic heterocycles. The number of H-pyrrole nitrogens is 1. The monoisotopic (exact) mass is 289 g/mol. The summed E-state index contributed by atoms with van der Waals surface area (Å²) in [5.74, 6) is 1.68. The number of methoxy groups -OCH3 is 1. The van der Waals surface area contributed by atoms with E-state index in [1.165, 1.54) is 0 Å². The number of hydrogen-bond donors (Lipinski definition) is 2. The number of nitrogens with zero attached hydrogens (tertiary/aromatic N) is 1. The van der Waals surface area contributed by atoms with Crippen LogP contribution in [0.2, 0.25) is 0 Å². The first-order valence-corrected chi connectivity index (χ1v) is 6.76. The van der Waals surface area contributed by atoms with Crippen LogP contribution in [0.5, 0.6) is 11.5 Å². The van der Waals surface area contributed by atoms with Crippen molar-refractivity contribution >= 4 is 5.91 Å². The van der Waals surface area contributed by atoms with Gasteiger partial charge in [0, 0.05) is 18.0 Å². The molecule has 0 aliphatic rings. The van der Waals surface area contributed by atoms with Crippen molar-refractivity contribution in [3.8, 4) is 11.5 Å². The van der Waals surface area contributed by atoms with Crippen LogP contribution in [0.25, 0.3) is 0 Å². The molecule has 0 fully saturated rings. The van der Waals surface area contributed by atoms with E-state index in [1.807, 2.05) is 13.8 Å². The number of carbonyl (C=O) groups excluding carboxylic acids is 1. The average Bonchev–Trinajstić information content (AvgIpc) is 3.01. The van der Waals surface area contributed by atoms with Gasteiger partial charge >= 0.3 is 0 Å². The number of benzene rings is 1. The normalized spacial score (nSPS) is 11.8. The van der Waals surface area contributed by atoms with Crippen molar-refractivity contribution < 1.29 is 14.3 Å². The van der Waals surface area contributed by atoms with E-state index in [2.05, 4.69) is 15.3 Å². The Labute approximate surface area is 123 Å². The zero-order valence-corrected chi connectivity index (χ0v) is 12.3. The van der Waals surface area contributed by atoms with E-state index in [1.54, 1.807) is 37.7 Å². The lowest BCUT2D eigenvalue weighted by molar-refractivity contribution is 0.0938. The average molecular weight is 289 g/mol. The summed E-state index contributed by atoms with van der Waals surface area (Å²) in [6.45, 7) is 4.25. The minimum atomic E-state index is -0.204. The Morgan fingerprint density at radius 3 is 2.86 bits per heavy atom. The molecule has 0 aliphatic carbocycles. The fraction of sp³-hybridized carbons (Fsp3) is 0.333. The third kappa shape index (κ3) is 3.53. The highest BCUT2D eigenvalue weighted by Crippen LogP contribution is 2.28. The highest BCUT2D eigenvalue weighted by molar-refractivity contribution is 5.95. The fourth-order valence-corrected chi connectivity index (χ4v) is 1.95. The summed E-state index contributed by atoms with van der Waals surface area (Å²) in [5.41, 5.74) is 0.512. The first kappa shape index (κ1) is 14.9. The van der Waals surface area contributed by atoms with Gasteiger partial charge in [-0.3, -0.25) is 4.79 Å². The Morgan fingerprint density at radius 2 is 2.24 bits per heavy atom. The van der Waals surface area contributed by atoms with Gasteiger partial charge in [-0.05, 0) is 32.0 Å². The Bertz CT molecular complexity index is 596. The number of carbonyl (C=O) groups is 1. The molecule has 0 spiro atoms. The van der Waals surface area contributed by atoms with Crippen molar-refractivity contribution in [2.45, 2.75) is 19.9 Å². The second-order valence-corrected chi connectivity index (χ2v) is 4.47. The quantitative estimate of drug-likeness (QED) is 0.855. The van der Waals surface area contributed by atoms with E-state index in [4.69, 9.17) is 9.47 Å². The van der Waals surface area contributed by atoms with E-state index < -0.39 is 0 Å². The summed E-state index contributed by atoms with van der Waals surface area (Å²) in [5, 5.41) is 2.88. The van der Waals surface area contributed by atoms with Gasteiger partial charge in [0.2, 0.25) is 0 Å². The maximum atomic E-state index is 12.3. The number of amides is 1. The number of hydrogen-bond acceptors (Lipinski definition) is 4. The molecule has 0 bridgehead atoms. The van der Waals surface area contributed by atoms with Crippen LogP contribution in [0.4, 0.5) is 0 Å². The van der Waals surface area contributed by atoms with Crippen LogP contribution in [0.1, 0.15) is 36.1 Å².